The highest BCUT2D eigenvalue weighted by molar-refractivity contribution is 5.79. The van der Waals surface area contributed by atoms with Gasteiger partial charge in [0.05, 0.1) is 0 Å². The lowest BCUT2D eigenvalue weighted by Gasteiger charge is -2.29. The Morgan fingerprint density at radius 2 is 2.08 bits per heavy atom. The Morgan fingerprint density at radius 1 is 1.54 bits per heavy atom. The highest BCUT2D eigenvalue weighted by Crippen LogP contribution is 2.47. The van der Waals surface area contributed by atoms with Gasteiger partial charge in [-0.05, 0) is 31.2 Å². The molecule has 0 bridgehead atoms. The van der Waals surface area contributed by atoms with Crippen molar-refractivity contribution < 1.29 is 9.90 Å². The van der Waals surface area contributed by atoms with Crippen LogP contribution in [0.15, 0.2) is 0 Å². The van der Waals surface area contributed by atoms with Gasteiger partial charge in [-0.2, -0.15) is 0 Å². The van der Waals surface area contributed by atoms with Crippen molar-refractivity contribution in [2.24, 2.45) is 11.3 Å². The summed E-state index contributed by atoms with van der Waals surface area (Å²) in [4.78, 5) is 11.2. The molecule has 3 heteroatoms. The number of nitrogens with one attached hydrogen (secondary N) is 1. The molecular weight excluding hydrogens is 166 g/mol. The number of likely N-dealkylation sites (N-methyl/N-ethyl adjacent to an activating group) is 1. The third-order valence-corrected chi connectivity index (χ3v) is 3.29. The number of carboxylic acids is 1. The van der Waals surface area contributed by atoms with Gasteiger partial charge in [-0.1, -0.05) is 20.8 Å². The highest BCUT2D eigenvalue weighted by atomic mass is 16.4. The molecule has 0 saturated heterocycles. The molecule has 0 aromatic rings. The second kappa shape index (κ2) is 2.98. The molecule has 0 radical (unpaired) electrons. The van der Waals surface area contributed by atoms with Crippen LogP contribution in [0.5, 0.6) is 0 Å². The molecule has 0 aromatic carbocycles. The van der Waals surface area contributed by atoms with Crippen molar-refractivity contribution in [1.29, 1.82) is 0 Å². The fourth-order valence-corrected chi connectivity index (χ4v) is 2.73. The monoisotopic (exact) mass is 185 g/mol. The molecule has 0 amide bonds. The standard InChI is InChI=1S/C10H19NO2/c1-7-5-9(2,3)6-10(7,11-4)8(12)13/h7,11H,5-6H2,1-4H3,(H,12,13). The quantitative estimate of drug-likeness (QED) is 0.685. The van der Waals surface area contributed by atoms with E-state index in [-0.39, 0.29) is 11.3 Å². The van der Waals surface area contributed by atoms with Crippen molar-refractivity contribution in [3.8, 4) is 0 Å². The Bertz CT molecular complexity index is 225. The lowest BCUT2D eigenvalue weighted by molar-refractivity contribution is -0.146. The van der Waals surface area contributed by atoms with Gasteiger partial charge < -0.3 is 10.4 Å². The van der Waals surface area contributed by atoms with Crippen molar-refractivity contribution in [3.63, 3.8) is 0 Å². The minimum absolute atomic E-state index is 0.140. The van der Waals surface area contributed by atoms with Crippen LogP contribution in [0.1, 0.15) is 33.6 Å². The maximum absolute atomic E-state index is 11.2. The second-order valence-electron chi connectivity index (χ2n) is 4.97. The van der Waals surface area contributed by atoms with Crippen LogP contribution in [-0.2, 0) is 4.79 Å². The Labute approximate surface area is 79.5 Å². The molecule has 0 aliphatic heterocycles. The van der Waals surface area contributed by atoms with E-state index in [1.54, 1.807) is 7.05 Å². The summed E-state index contributed by atoms with van der Waals surface area (Å²) in [5.41, 5.74) is -0.565. The zero-order valence-electron chi connectivity index (χ0n) is 8.85. The molecule has 0 spiro atoms. The van der Waals surface area contributed by atoms with E-state index in [4.69, 9.17) is 0 Å². The number of hydrogen-bond donors (Lipinski definition) is 2. The summed E-state index contributed by atoms with van der Waals surface area (Å²) in [5, 5.41) is 12.2. The minimum Gasteiger partial charge on any atom is -0.480 e. The largest absolute Gasteiger partial charge is 0.480 e. The van der Waals surface area contributed by atoms with E-state index in [0.717, 1.165) is 6.42 Å². The van der Waals surface area contributed by atoms with E-state index >= 15 is 0 Å². The van der Waals surface area contributed by atoms with Gasteiger partial charge in [0.2, 0.25) is 0 Å². The Kier molecular flexibility index (Phi) is 2.41. The Hall–Kier alpha value is -0.570. The molecule has 2 unspecified atom stereocenters. The van der Waals surface area contributed by atoms with E-state index in [1.165, 1.54) is 0 Å². The van der Waals surface area contributed by atoms with Gasteiger partial charge in [0.1, 0.15) is 5.54 Å². The van der Waals surface area contributed by atoms with Crippen LogP contribution in [0.2, 0.25) is 0 Å². The van der Waals surface area contributed by atoms with Gasteiger partial charge in [0.15, 0.2) is 0 Å². The fourth-order valence-electron chi connectivity index (χ4n) is 2.73. The van der Waals surface area contributed by atoms with Gasteiger partial charge in [0.25, 0.3) is 0 Å². The van der Waals surface area contributed by atoms with Crippen LogP contribution >= 0.6 is 0 Å². The Balaban J connectivity index is 2.96. The number of hydrogen-bond acceptors (Lipinski definition) is 2. The summed E-state index contributed by atoms with van der Waals surface area (Å²) < 4.78 is 0. The molecule has 3 nitrogen and oxygen atoms in total. The number of rotatable bonds is 2. The van der Waals surface area contributed by atoms with Gasteiger partial charge in [-0.3, -0.25) is 4.79 Å². The van der Waals surface area contributed by atoms with Gasteiger partial charge in [0, 0.05) is 0 Å². The van der Waals surface area contributed by atoms with Crippen LogP contribution < -0.4 is 5.32 Å². The van der Waals surface area contributed by atoms with Crippen molar-refractivity contribution in [2.45, 2.75) is 39.2 Å². The summed E-state index contributed by atoms with van der Waals surface area (Å²) >= 11 is 0. The van der Waals surface area contributed by atoms with Crippen molar-refractivity contribution in [3.05, 3.63) is 0 Å². The number of aliphatic carboxylic acids is 1. The van der Waals surface area contributed by atoms with Crippen LogP contribution in [0.4, 0.5) is 0 Å². The van der Waals surface area contributed by atoms with Crippen molar-refractivity contribution >= 4 is 5.97 Å². The first-order chi connectivity index (χ1) is 5.84. The minimum atomic E-state index is -0.715. The van der Waals surface area contributed by atoms with Crippen LogP contribution in [0.3, 0.4) is 0 Å². The first-order valence-corrected chi connectivity index (χ1v) is 4.76. The summed E-state index contributed by atoms with van der Waals surface area (Å²) in [6.07, 6.45) is 1.69. The maximum atomic E-state index is 11.2. The molecule has 1 aliphatic carbocycles. The van der Waals surface area contributed by atoms with E-state index in [9.17, 15) is 9.90 Å². The molecule has 13 heavy (non-hydrogen) atoms. The van der Waals surface area contributed by atoms with Gasteiger partial charge in [-0.25, -0.2) is 0 Å². The first kappa shape index (κ1) is 10.5. The van der Waals surface area contributed by atoms with E-state index in [0.29, 0.717) is 6.42 Å². The summed E-state index contributed by atoms with van der Waals surface area (Å²) in [6.45, 7) is 6.27. The molecule has 1 fully saturated rings. The summed E-state index contributed by atoms with van der Waals surface area (Å²) in [7, 11) is 1.74. The molecule has 1 aliphatic rings. The third-order valence-electron chi connectivity index (χ3n) is 3.29. The lowest BCUT2D eigenvalue weighted by Crippen LogP contribution is -2.52. The smallest absolute Gasteiger partial charge is 0.324 e. The molecule has 0 aromatic heterocycles. The van der Waals surface area contributed by atoms with Crippen molar-refractivity contribution in [2.75, 3.05) is 7.05 Å². The first-order valence-electron chi connectivity index (χ1n) is 4.76. The second-order valence-corrected chi connectivity index (χ2v) is 4.97. The Morgan fingerprint density at radius 3 is 2.23 bits per heavy atom. The summed E-state index contributed by atoms with van der Waals surface area (Å²) in [5.74, 6) is -0.516. The van der Waals surface area contributed by atoms with Crippen molar-refractivity contribution in [1.82, 2.24) is 5.32 Å². The zero-order chi connectivity index (χ0) is 10.3. The SMILES string of the molecule is CNC1(C(=O)O)CC(C)(C)CC1C. The predicted molar refractivity (Wildman–Crippen MR) is 51.6 cm³/mol. The molecule has 2 N–H and O–H groups in total. The summed E-state index contributed by atoms with van der Waals surface area (Å²) in [6, 6.07) is 0. The number of carboxylic acid groups (broad SMARTS) is 1. The van der Waals surface area contributed by atoms with E-state index < -0.39 is 11.5 Å². The van der Waals surface area contributed by atoms with E-state index in [1.807, 2.05) is 6.92 Å². The lowest BCUT2D eigenvalue weighted by atomic mass is 9.86. The van der Waals surface area contributed by atoms with Crippen LogP contribution in [-0.4, -0.2) is 23.7 Å². The predicted octanol–water partition coefficient (Wildman–Crippen LogP) is 1.49. The molecule has 1 saturated carbocycles. The number of carbonyl (C=O) groups is 1. The molecule has 76 valence electrons. The maximum Gasteiger partial charge on any atom is 0.324 e. The van der Waals surface area contributed by atoms with E-state index in [2.05, 4.69) is 19.2 Å². The fraction of sp³-hybridized carbons (Fsp3) is 0.900. The zero-order valence-corrected chi connectivity index (χ0v) is 8.85. The normalized spacial score (nSPS) is 37.7. The highest BCUT2D eigenvalue weighted by Gasteiger charge is 2.52. The average molecular weight is 185 g/mol. The van der Waals surface area contributed by atoms with Gasteiger partial charge >= 0.3 is 5.97 Å². The van der Waals surface area contributed by atoms with Crippen LogP contribution in [0.25, 0.3) is 0 Å². The topological polar surface area (TPSA) is 49.3 Å². The third kappa shape index (κ3) is 1.57. The van der Waals surface area contributed by atoms with Crippen LogP contribution in [0, 0.1) is 11.3 Å². The average Bonchev–Trinajstić information content (AvgIpc) is 2.21. The molecule has 2 atom stereocenters. The van der Waals surface area contributed by atoms with Gasteiger partial charge in [-0.15, -0.1) is 0 Å². The molecule has 1 rings (SSSR count). The molecule has 0 heterocycles. The molecular formula is C10H19NO2.